The van der Waals surface area contributed by atoms with E-state index in [9.17, 15) is 15.2 Å². The van der Waals surface area contributed by atoms with Gasteiger partial charge in [0.2, 0.25) is 0 Å². The van der Waals surface area contributed by atoms with E-state index in [1.807, 2.05) is 59.3 Å². The molecule has 0 aliphatic rings. The van der Waals surface area contributed by atoms with Crippen molar-refractivity contribution in [1.29, 1.82) is 5.26 Å². The largest absolute Gasteiger partial charge is 0.480 e. The summed E-state index contributed by atoms with van der Waals surface area (Å²) < 4.78 is 0.919. The number of fused-ring (bicyclic) bond motifs is 2. The number of carboxylic acid groups (broad SMARTS) is 1. The Morgan fingerprint density at radius 2 is 1.93 bits per heavy atom. The van der Waals surface area contributed by atoms with Gasteiger partial charge in [-0.25, -0.2) is 4.98 Å². The van der Waals surface area contributed by atoms with E-state index >= 15 is 0 Å². The minimum absolute atomic E-state index is 0.614. The quantitative estimate of drug-likeness (QED) is 0.500. The molecule has 0 atom stereocenters. The smallest absolute Gasteiger partial charge is 0.319 e. The summed E-state index contributed by atoms with van der Waals surface area (Å²) in [5.74, 6) is -0.878. The third-order valence-electron chi connectivity index (χ3n) is 4.71. The van der Waals surface area contributed by atoms with Crippen LogP contribution in [0, 0.1) is 11.3 Å². The lowest BCUT2D eigenvalue weighted by Gasteiger charge is -2.21. The summed E-state index contributed by atoms with van der Waals surface area (Å²) in [7, 11) is 0. The fraction of sp³-hybridized carbons (Fsp3) is 0.136. The van der Waals surface area contributed by atoms with Gasteiger partial charge >= 0.3 is 5.97 Å². The maximum Gasteiger partial charge on any atom is 0.319 e. The molecule has 4 rings (SSSR count). The first-order valence-corrected chi connectivity index (χ1v) is 9.54. The van der Waals surface area contributed by atoms with Crippen LogP contribution in [0.25, 0.3) is 27.5 Å². The summed E-state index contributed by atoms with van der Waals surface area (Å²) in [5, 5.41) is 20.9. The predicted octanol–water partition coefficient (Wildman–Crippen LogP) is 4.98. The molecule has 2 aromatic heterocycles. The molecule has 4 aromatic rings. The fourth-order valence-corrected chi connectivity index (χ4v) is 4.25. The van der Waals surface area contributed by atoms with Gasteiger partial charge in [0.25, 0.3) is 0 Å². The van der Waals surface area contributed by atoms with Crippen LogP contribution in [0.4, 0.5) is 0 Å². The predicted molar refractivity (Wildman–Crippen MR) is 110 cm³/mol. The number of nitrogens with zero attached hydrogens (tertiary/aromatic N) is 3. The molecular formula is C22H17N3O2S. The zero-order valence-corrected chi connectivity index (χ0v) is 16.2. The van der Waals surface area contributed by atoms with E-state index in [0.29, 0.717) is 5.56 Å². The number of thioether (sulfide) groups is 1. The molecule has 6 heteroatoms. The molecule has 0 aliphatic carbocycles. The second-order valence-corrected chi connectivity index (χ2v) is 8.64. The molecule has 0 spiro atoms. The Morgan fingerprint density at radius 1 is 1.18 bits per heavy atom. The molecule has 0 saturated heterocycles. The Kier molecular flexibility index (Phi) is 4.33. The van der Waals surface area contributed by atoms with Gasteiger partial charge in [-0.15, -0.1) is 11.8 Å². The molecule has 0 saturated carbocycles. The van der Waals surface area contributed by atoms with Crippen molar-refractivity contribution in [2.75, 3.05) is 0 Å². The highest BCUT2D eigenvalue weighted by molar-refractivity contribution is 8.01. The summed E-state index contributed by atoms with van der Waals surface area (Å²) in [6.07, 6.45) is 5.55. The number of carboxylic acids is 1. The van der Waals surface area contributed by atoms with Crippen molar-refractivity contribution in [1.82, 2.24) is 9.38 Å². The number of carbonyl (C=O) groups is 1. The molecular weight excluding hydrogens is 370 g/mol. The van der Waals surface area contributed by atoms with Gasteiger partial charge in [0.15, 0.2) is 0 Å². The van der Waals surface area contributed by atoms with Crippen LogP contribution in [0.2, 0.25) is 0 Å². The van der Waals surface area contributed by atoms with Crippen molar-refractivity contribution in [3.05, 3.63) is 66.6 Å². The Balaban J connectivity index is 2.01. The molecule has 1 N–H and O–H groups in total. The summed E-state index contributed by atoms with van der Waals surface area (Å²) in [6, 6.07) is 15.7. The molecule has 28 heavy (non-hydrogen) atoms. The lowest BCUT2D eigenvalue weighted by molar-refractivity contribution is -0.138. The van der Waals surface area contributed by atoms with E-state index in [-0.39, 0.29) is 0 Å². The van der Waals surface area contributed by atoms with Gasteiger partial charge in [-0.05, 0) is 36.9 Å². The van der Waals surface area contributed by atoms with Crippen molar-refractivity contribution in [2.45, 2.75) is 23.5 Å². The molecule has 2 aromatic carbocycles. The Bertz CT molecular complexity index is 1270. The van der Waals surface area contributed by atoms with Crippen LogP contribution in [0.3, 0.4) is 0 Å². The number of hydrogen-bond acceptors (Lipinski definition) is 4. The van der Waals surface area contributed by atoms with E-state index in [4.69, 9.17) is 0 Å². The van der Waals surface area contributed by atoms with Crippen LogP contribution in [0.15, 0.2) is 66.0 Å². The average molecular weight is 387 g/mol. The topological polar surface area (TPSA) is 78.4 Å². The zero-order valence-electron chi connectivity index (χ0n) is 15.4. The lowest BCUT2D eigenvalue weighted by Crippen LogP contribution is -2.27. The van der Waals surface area contributed by atoms with Gasteiger partial charge in [-0.1, -0.05) is 30.3 Å². The maximum atomic E-state index is 11.7. The van der Waals surface area contributed by atoms with Gasteiger partial charge < -0.3 is 9.51 Å². The number of hydrogen-bond donors (Lipinski definition) is 1. The van der Waals surface area contributed by atoms with Gasteiger partial charge in [0.1, 0.15) is 10.4 Å². The Hall–Kier alpha value is -3.30. The molecule has 0 bridgehead atoms. The number of nitriles is 1. The minimum Gasteiger partial charge on any atom is -0.480 e. The van der Waals surface area contributed by atoms with Crippen molar-refractivity contribution >= 4 is 34.2 Å². The van der Waals surface area contributed by atoms with E-state index in [1.165, 1.54) is 11.8 Å². The van der Waals surface area contributed by atoms with E-state index in [1.54, 1.807) is 20.0 Å². The second kappa shape index (κ2) is 6.70. The summed E-state index contributed by atoms with van der Waals surface area (Å²) >= 11 is 1.29. The molecule has 5 nitrogen and oxygen atoms in total. The molecule has 0 fully saturated rings. The van der Waals surface area contributed by atoms with Crippen LogP contribution in [-0.4, -0.2) is 25.2 Å². The number of benzene rings is 2. The van der Waals surface area contributed by atoms with Gasteiger partial charge in [0, 0.05) is 34.4 Å². The highest BCUT2D eigenvalue weighted by Gasteiger charge is 2.30. The van der Waals surface area contributed by atoms with Crippen molar-refractivity contribution < 1.29 is 9.90 Å². The monoisotopic (exact) mass is 387 g/mol. The summed E-state index contributed by atoms with van der Waals surface area (Å²) in [4.78, 5) is 16.9. The number of imidazole rings is 1. The Morgan fingerprint density at radius 3 is 2.64 bits per heavy atom. The zero-order chi connectivity index (χ0) is 19.9. The average Bonchev–Trinajstić information content (AvgIpc) is 3.13. The van der Waals surface area contributed by atoms with Crippen LogP contribution in [-0.2, 0) is 4.79 Å². The number of aliphatic carboxylic acids is 1. The fourth-order valence-electron chi connectivity index (χ4n) is 3.18. The molecule has 0 unspecified atom stereocenters. The number of rotatable bonds is 4. The van der Waals surface area contributed by atoms with Gasteiger partial charge in [-0.2, -0.15) is 5.26 Å². The van der Waals surface area contributed by atoms with Crippen molar-refractivity contribution in [3.63, 3.8) is 0 Å². The number of aromatic nitrogens is 2. The lowest BCUT2D eigenvalue weighted by atomic mass is 9.96. The first-order chi connectivity index (χ1) is 13.4. The summed E-state index contributed by atoms with van der Waals surface area (Å²) in [5.41, 5.74) is 3.23. The highest BCUT2D eigenvalue weighted by atomic mass is 32.2. The molecule has 0 amide bonds. The first-order valence-electron chi connectivity index (χ1n) is 8.72. The van der Waals surface area contributed by atoms with Crippen LogP contribution in [0.1, 0.15) is 19.4 Å². The van der Waals surface area contributed by atoms with Crippen LogP contribution < -0.4 is 0 Å². The minimum atomic E-state index is -0.998. The van der Waals surface area contributed by atoms with Crippen molar-refractivity contribution in [2.24, 2.45) is 0 Å². The number of pyridine rings is 1. The Labute approximate surface area is 166 Å². The van der Waals surface area contributed by atoms with E-state index < -0.39 is 10.7 Å². The molecule has 0 radical (unpaired) electrons. The normalized spacial score (nSPS) is 11.6. The highest BCUT2D eigenvalue weighted by Crippen LogP contribution is 2.42. The molecule has 0 aliphatic heterocycles. The first kappa shape index (κ1) is 18.1. The summed E-state index contributed by atoms with van der Waals surface area (Å²) in [6.45, 7) is 3.38. The third kappa shape index (κ3) is 3.00. The van der Waals surface area contributed by atoms with Crippen molar-refractivity contribution in [3.8, 4) is 17.2 Å². The van der Waals surface area contributed by atoms with Gasteiger partial charge in [0.05, 0.1) is 11.6 Å². The standard InChI is InChI=1S/C22H17N3O2S/c1-22(2,21(26)27)28-19-11-20-24-9-10-25(20)13-18(19)17-8-7-14(12-23)15-5-3-4-6-16(15)17/h3-11,13H,1-2H3,(H,26,27). The van der Waals surface area contributed by atoms with Crippen LogP contribution >= 0.6 is 11.8 Å². The SMILES string of the molecule is CC(C)(Sc1cc2nccn2cc1-c1ccc(C#N)c2ccccc12)C(=O)O. The third-order valence-corrected chi connectivity index (χ3v) is 5.95. The van der Waals surface area contributed by atoms with Crippen LogP contribution in [0.5, 0.6) is 0 Å². The second-order valence-electron chi connectivity index (χ2n) is 6.98. The maximum absolute atomic E-state index is 11.7. The van der Waals surface area contributed by atoms with E-state index in [0.717, 1.165) is 32.4 Å². The molecule has 2 heterocycles. The molecule has 138 valence electrons. The van der Waals surface area contributed by atoms with E-state index in [2.05, 4.69) is 11.1 Å². The van der Waals surface area contributed by atoms with Gasteiger partial charge in [-0.3, -0.25) is 4.79 Å².